The van der Waals surface area contributed by atoms with Crippen molar-refractivity contribution in [2.24, 2.45) is 0 Å². The maximum Gasteiger partial charge on any atom is 0.295 e. The lowest BCUT2D eigenvalue weighted by molar-refractivity contribution is -0.858. The van der Waals surface area contributed by atoms with Crippen LogP contribution in [0.1, 0.15) is 23.6 Å². The molecular formula is C25H27BrN2O4. The first-order chi connectivity index (χ1) is 15.3. The quantitative estimate of drug-likeness (QED) is 0.247. The molecule has 2 aromatic rings. The second kappa shape index (κ2) is 10.6. The smallest absolute Gasteiger partial charge is 0.295 e. The van der Waals surface area contributed by atoms with Gasteiger partial charge in [-0.05, 0) is 35.4 Å². The van der Waals surface area contributed by atoms with Gasteiger partial charge in [0.2, 0.25) is 5.78 Å². The minimum absolute atomic E-state index is 0.00920. The van der Waals surface area contributed by atoms with Crippen molar-refractivity contribution in [1.29, 1.82) is 0 Å². The largest absolute Gasteiger partial charge is 0.872 e. The number of amides is 1. The molecule has 1 aliphatic heterocycles. The SMILES string of the molecule is C=CCOc1ccc(/C([O-])=C2\C(=O)C(=O)N(CCC[NH+](C)C)C2c2cccc(Br)c2)cc1. The molecule has 32 heavy (non-hydrogen) atoms. The summed E-state index contributed by atoms with van der Waals surface area (Å²) in [6, 6.07) is 13.2. The number of benzene rings is 2. The molecule has 3 rings (SSSR count). The van der Waals surface area contributed by atoms with Gasteiger partial charge < -0.3 is 19.6 Å². The van der Waals surface area contributed by atoms with Gasteiger partial charge in [0.1, 0.15) is 12.4 Å². The van der Waals surface area contributed by atoms with Crippen LogP contribution in [-0.2, 0) is 9.59 Å². The second-order valence-corrected chi connectivity index (χ2v) is 8.88. The summed E-state index contributed by atoms with van der Waals surface area (Å²) in [6.07, 6.45) is 2.36. The van der Waals surface area contributed by atoms with Crippen LogP contribution < -0.4 is 14.7 Å². The van der Waals surface area contributed by atoms with E-state index in [0.717, 1.165) is 23.0 Å². The molecule has 1 N–H and O–H groups in total. The van der Waals surface area contributed by atoms with Crippen LogP contribution in [0.25, 0.3) is 5.76 Å². The van der Waals surface area contributed by atoms with Crippen molar-refractivity contribution in [3.63, 3.8) is 0 Å². The molecule has 0 bridgehead atoms. The zero-order chi connectivity index (χ0) is 23.3. The van der Waals surface area contributed by atoms with Gasteiger partial charge in [0.05, 0.1) is 26.7 Å². The summed E-state index contributed by atoms with van der Waals surface area (Å²) < 4.78 is 6.28. The Labute approximate surface area is 196 Å². The highest BCUT2D eigenvalue weighted by molar-refractivity contribution is 9.10. The lowest BCUT2D eigenvalue weighted by Crippen LogP contribution is -3.05. The molecule has 1 unspecified atom stereocenters. The van der Waals surface area contributed by atoms with Gasteiger partial charge in [0.25, 0.3) is 5.91 Å². The van der Waals surface area contributed by atoms with Gasteiger partial charge in [-0.2, -0.15) is 0 Å². The number of nitrogens with zero attached hydrogens (tertiary/aromatic N) is 1. The van der Waals surface area contributed by atoms with Gasteiger partial charge in [-0.3, -0.25) is 9.59 Å². The Morgan fingerprint density at radius 3 is 2.56 bits per heavy atom. The van der Waals surface area contributed by atoms with Crippen molar-refractivity contribution in [2.75, 3.05) is 33.8 Å². The molecule has 6 nitrogen and oxygen atoms in total. The molecule has 0 radical (unpaired) electrons. The van der Waals surface area contributed by atoms with Gasteiger partial charge in [-0.25, -0.2) is 0 Å². The van der Waals surface area contributed by atoms with Crippen molar-refractivity contribution in [2.45, 2.75) is 12.5 Å². The van der Waals surface area contributed by atoms with Gasteiger partial charge in [-0.15, -0.1) is 0 Å². The number of hydrogen-bond donors (Lipinski definition) is 1. The minimum Gasteiger partial charge on any atom is -0.872 e. The monoisotopic (exact) mass is 498 g/mol. The number of ketones is 1. The summed E-state index contributed by atoms with van der Waals surface area (Å²) in [4.78, 5) is 28.7. The first-order valence-corrected chi connectivity index (χ1v) is 11.3. The lowest BCUT2D eigenvalue weighted by atomic mass is 9.95. The van der Waals surface area contributed by atoms with Crippen LogP contribution in [-0.4, -0.2) is 50.4 Å². The molecule has 0 aromatic heterocycles. The molecule has 0 saturated carbocycles. The van der Waals surface area contributed by atoms with E-state index in [2.05, 4.69) is 22.5 Å². The molecule has 1 fully saturated rings. The Bertz CT molecular complexity index is 1030. The number of halogens is 1. The van der Waals surface area contributed by atoms with Gasteiger partial charge in [0.15, 0.2) is 0 Å². The topological polar surface area (TPSA) is 74.1 Å². The highest BCUT2D eigenvalue weighted by Gasteiger charge is 2.43. The predicted octanol–water partition coefficient (Wildman–Crippen LogP) is 1.77. The van der Waals surface area contributed by atoms with Gasteiger partial charge in [-0.1, -0.05) is 58.6 Å². The number of carbonyl (C=O) groups is 2. The fourth-order valence-electron chi connectivity index (χ4n) is 3.74. The number of likely N-dealkylation sites (tertiary alicyclic amines) is 1. The third-order valence-corrected chi connectivity index (χ3v) is 5.75. The predicted molar refractivity (Wildman–Crippen MR) is 125 cm³/mol. The standard InChI is InChI=1S/C25H27BrN2O4/c1-4-15-32-20-11-9-17(10-12-20)23(29)21-22(18-7-5-8-19(26)16-18)28(25(31)24(21)30)14-6-13-27(2)3/h4-5,7-12,16,22,29H,1,6,13-15H2,2-3H3/b23-21+. The van der Waals surface area contributed by atoms with Crippen LogP contribution in [0.3, 0.4) is 0 Å². The molecule has 0 aliphatic carbocycles. The van der Waals surface area contributed by atoms with Crippen LogP contribution >= 0.6 is 15.9 Å². The number of ether oxygens (including phenoxy) is 1. The Hall–Kier alpha value is -2.90. The highest BCUT2D eigenvalue weighted by atomic mass is 79.9. The highest BCUT2D eigenvalue weighted by Crippen LogP contribution is 2.39. The molecule has 2 aromatic carbocycles. The van der Waals surface area contributed by atoms with Crippen molar-refractivity contribution in [3.05, 3.63) is 82.4 Å². The Morgan fingerprint density at radius 2 is 1.94 bits per heavy atom. The summed E-state index contributed by atoms with van der Waals surface area (Å²) in [5, 5.41) is 13.4. The van der Waals surface area contributed by atoms with Crippen LogP contribution in [0, 0.1) is 0 Å². The van der Waals surface area contributed by atoms with Crippen molar-refractivity contribution >= 4 is 33.4 Å². The number of rotatable bonds is 9. The van der Waals surface area contributed by atoms with E-state index in [1.165, 1.54) is 9.80 Å². The van der Waals surface area contributed by atoms with Crippen LogP contribution in [0.15, 0.2) is 71.2 Å². The van der Waals surface area contributed by atoms with Crippen LogP contribution in [0.2, 0.25) is 0 Å². The second-order valence-electron chi connectivity index (χ2n) is 7.96. The van der Waals surface area contributed by atoms with E-state index in [1.54, 1.807) is 30.3 Å². The first-order valence-electron chi connectivity index (χ1n) is 10.5. The Morgan fingerprint density at radius 1 is 1.22 bits per heavy atom. The zero-order valence-corrected chi connectivity index (χ0v) is 19.9. The molecule has 1 atom stereocenters. The third-order valence-electron chi connectivity index (χ3n) is 5.25. The van der Waals surface area contributed by atoms with E-state index in [1.807, 2.05) is 38.4 Å². The molecule has 1 saturated heterocycles. The number of carbonyl (C=O) groups excluding carboxylic acids is 2. The van der Waals surface area contributed by atoms with Crippen LogP contribution in [0.5, 0.6) is 5.75 Å². The maximum absolute atomic E-state index is 13.4. The van der Waals surface area contributed by atoms with E-state index in [4.69, 9.17) is 4.74 Å². The molecule has 1 aliphatic rings. The third kappa shape index (κ3) is 5.29. The lowest BCUT2D eigenvalue weighted by Gasteiger charge is -2.28. The molecular weight excluding hydrogens is 472 g/mol. The maximum atomic E-state index is 13.4. The number of nitrogens with one attached hydrogen (secondary N) is 1. The van der Waals surface area contributed by atoms with Crippen molar-refractivity contribution < 1.29 is 24.3 Å². The number of hydrogen-bond acceptors (Lipinski definition) is 4. The molecule has 0 spiro atoms. The van der Waals surface area contributed by atoms with Crippen molar-refractivity contribution in [1.82, 2.24) is 4.90 Å². The number of Topliss-reactive ketones (excluding diaryl/α,β-unsaturated/α-hetero) is 1. The summed E-state index contributed by atoms with van der Waals surface area (Å²) in [5.41, 5.74) is 1.06. The van der Waals surface area contributed by atoms with E-state index >= 15 is 0 Å². The Kier molecular flexibility index (Phi) is 7.88. The van der Waals surface area contributed by atoms with Crippen LogP contribution in [0.4, 0.5) is 0 Å². The summed E-state index contributed by atoms with van der Waals surface area (Å²) in [5.74, 6) is -1.21. The fraction of sp³-hybridized carbons (Fsp3) is 0.280. The average Bonchev–Trinajstić information content (AvgIpc) is 3.02. The fourth-order valence-corrected chi connectivity index (χ4v) is 4.16. The Balaban J connectivity index is 2.03. The first kappa shape index (κ1) is 23.8. The summed E-state index contributed by atoms with van der Waals surface area (Å²) >= 11 is 3.45. The van der Waals surface area contributed by atoms with Crippen molar-refractivity contribution in [3.8, 4) is 5.75 Å². The normalized spacial score (nSPS) is 17.8. The van der Waals surface area contributed by atoms with E-state index in [0.29, 0.717) is 24.5 Å². The average molecular weight is 499 g/mol. The van der Waals surface area contributed by atoms with E-state index < -0.39 is 23.5 Å². The van der Waals surface area contributed by atoms with E-state index in [9.17, 15) is 14.7 Å². The molecule has 7 heteroatoms. The molecule has 1 amide bonds. The van der Waals surface area contributed by atoms with Gasteiger partial charge >= 0.3 is 0 Å². The number of quaternary nitrogens is 1. The minimum atomic E-state index is -0.732. The van der Waals surface area contributed by atoms with E-state index in [-0.39, 0.29) is 5.57 Å². The zero-order valence-electron chi connectivity index (χ0n) is 18.3. The summed E-state index contributed by atoms with van der Waals surface area (Å²) in [7, 11) is 4.07. The molecule has 1 heterocycles. The molecule has 168 valence electrons. The van der Waals surface area contributed by atoms with Gasteiger partial charge in [0, 0.05) is 23.0 Å². The summed E-state index contributed by atoms with van der Waals surface area (Å²) in [6.45, 7) is 5.21.